The van der Waals surface area contributed by atoms with Crippen molar-refractivity contribution in [2.75, 3.05) is 72.1 Å². The quantitative estimate of drug-likeness (QED) is 0.254. The topological polar surface area (TPSA) is 52.6 Å². The smallest absolute Gasteiger partial charge is 0.193 e. The van der Waals surface area contributed by atoms with Gasteiger partial charge in [0.05, 0.1) is 25.4 Å². The normalized spacial score (nSPS) is 30.3. The van der Waals surface area contributed by atoms with E-state index < -0.39 is 0 Å². The average molecular weight is 509 g/mol. The van der Waals surface area contributed by atoms with Gasteiger partial charge in [0.1, 0.15) is 0 Å². The molecule has 1 N–H and O–H groups in total. The molecular weight excluding hydrogens is 469 g/mol. The van der Waals surface area contributed by atoms with Crippen molar-refractivity contribution in [1.82, 2.24) is 20.0 Å². The average Bonchev–Trinajstić information content (AvgIpc) is 3.14. The molecule has 3 atom stereocenters. The van der Waals surface area contributed by atoms with Crippen LogP contribution < -0.4 is 5.32 Å². The van der Waals surface area contributed by atoms with Crippen LogP contribution in [0.1, 0.15) is 33.6 Å². The molecule has 0 aromatic rings. The van der Waals surface area contributed by atoms with Crippen LogP contribution >= 0.6 is 24.0 Å². The van der Waals surface area contributed by atoms with Crippen LogP contribution in [0.3, 0.4) is 0 Å². The molecule has 3 rings (SSSR count). The van der Waals surface area contributed by atoms with Gasteiger partial charge in [-0.3, -0.25) is 14.8 Å². The molecule has 0 saturated carbocycles. The standard InChI is InChI=1S/C20H39N5O2.HI/c1-4-21-20(22-7-5-8-23-14-17(2)27-18(3)15-23)25-9-6-19(16-25)24-10-12-26-13-11-24;/h17-19H,4-16H2,1-3H3,(H,21,22);1H. The lowest BCUT2D eigenvalue weighted by molar-refractivity contribution is -0.0679. The van der Waals surface area contributed by atoms with Crippen molar-refractivity contribution in [3.05, 3.63) is 0 Å². The van der Waals surface area contributed by atoms with E-state index in [0.717, 1.165) is 84.5 Å². The highest BCUT2D eigenvalue weighted by Crippen LogP contribution is 2.17. The fourth-order valence-electron chi connectivity index (χ4n) is 4.55. The summed E-state index contributed by atoms with van der Waals surface area (Å²) in [7, 11) is 0. The number of hydrogen-bond donors (Lipinski definition) is 1. The van der Waals surface area contributed by atoms with Gasteiger partial charge >= 0.3 is 0 Å². The van der Waals surface area contributed by atoms with E-state index in [0.29, 0.717) is 18.2 Å². The lowest BCUT2D eigenvalue weighted by Crippen LogP contribution is -2.47. The molecule has 164 valence electrons. The molecule has 28 heavy (non-hydrogen) atoms. The van der Waals surface area contributed by atoms with E-state index >= 15 is 0 Å². The first-order chi connectivity index (χ1) is 13.2. The summed E-state index contributed by atoms with van der Waals surface area (Å²) in [6, 6.07) is 0.647. The van der Waals surface area contributed by atoms with Gasteiger partial charge in [-0.2, -0.15) is 0 Å². The van der Waals surface area contributed by atoms with Crippen molar-refractivity contribution in [2.24, 2.45) is 4.99 Å². The molecule has 0 aromatic heterocycles. The second-order valence-corrected chi connectivity index (χ2v) is 8.14. The Labute approximate surface area is 188 Å². The van der Waals surface area contributed by atoms with Gasteiger partial charge in [0.15, 0.2) is 5.96 Å². The second-order valence-electron chi connectivity index (χ2n) is 8.14. The van der Waals surface area contributed by atoms with Gasteiger partial charge in [-0.1, -0.05) is 0 Å². The van der Waals surface area contributed by atoms with Crippen LogP contribution in [0.4, 0.5) is 0 Å². The van der Waals surface area contributed by atoms with Crippen LogP contribution in [0.5, 0.6) is 0 Å². The Morgan fingerprint density at radius 2 is 1.79 bits per heavy atom. The van der Waals surface area contributed by atoms with Crippen molar-refractivity contribution in [2.45, 2.75) is 51.9 Å². The Balaban J connectivity index is 0.00000280. The molecule has 0 aromatic carbocycles. The van der Waals surface area contributed by atoms with Gasteiger partial charge in [-0.25, -0.2) is 0 Å². The predicted molar refractivity (Wildman–Crippen MR) is 125 cm³/mol. The van der Waals surface area contributed by atoms with Crippen molar-refractivity contribution in [3.8, 4) is 0 Å². The Bertz CT molecular complexity index is 466. The second kappa shape index (κ2) is 12.5. The molecule has 3 fully saturated rings. The monoisotopic (exact) mass is 509 g/mol. The summed E-state index contributed by atoms with van der Waals surface area (Å²) >= 11 is 0. The SMILES string of the molecule is CCNC(=NCCCN1CC(C)OC(C)C1)N1CCC(N2CCOCC2)C1.I. The lowest BCUT2D eigenvalue weighted by Gasteiger charge is -2.35. The van der Waals surface area contributed by atoms with Crippen molar-refractivity contribution >= 4 is 29.9 Å². The molecule has 3 aliphatic rings. The third-order valence-electron chi connectivity index (χ3n) is 5.75. The van der Waals surface area contributed by atoms with Crippen LogP contribution in [0.2, 0.25) is 0 Å². The first kappa shape index (κ1) is 24.1. The maximum Gasteiger partial charge on any atom is 0.193 e. The summed E-state index contributed by atoms with van der Waals surface area (Å²) in [6.45, 7) is 17.6. The molecular formula is C20H40IN5O2. The third-order valence-corrected chi connectivity index (χ3v) is 5.75. The molecule has 3 heterocycles. The molecule has 0 bridgehead atoms. The third kappa shape index (κ3) is 7.27. The minimum atomic E-state index is 0. The van der Waals surface area contributed by atoms with Gasteiger partial charge in [0.25, 0.3) is 0 Å². The van der Waals surface area contributed by atoms with Gasteiger partial charge in [0.2, 0.25) is 0 Å². The summed E-state index contributed by atoms with van der Waals surface area (Å²) in [6.07, 6.45) is 3.02. The summed E-state index contributed by atoms with van der Waals surface area (Å²) in [5.41, 5.74) is 0. The number of nitrogens with one attached hydrogen (secondary N) is 1. The molecule has 3 unspecified atom stereocenters. The number of likely N-dealkylation sites (tertiary alicyclic amines) is 1. The summed E-state index contributed by atoms with van der Waals surface area (Å²) < 4.78 is 11.3. The number of morpholine rings is 2. The fourth-order valence-corrected chi connectivity index (χ4v) is 4.55. The van der Waals surface area contributed by atoms with Crippen molar-refractivity contribution in [3.63, 3.8) is 0 Å². The number of ether oxygens (including phenoxy) is 2. The van der Waals surface area contributed by atoms with E-state index in [-0.39, 0.29) is 24.0 Å². The van der Waals surface area contributed by atoms with Crippen LogP contribution in [-0.4, -0.2) is 111 Å². The van der Waals surface area contributed by atoms with E-state index in [2.05, 4.69) is 40.8 Å². The van der Waals surface area contributed by atoms with E-state index in [9.17, 15) is 0 Å². The Morgan fingerprint density at radius 1 is 1.07 bits per heavy atom. The van der Waals surface area contributed by atoms with Gasteiger partial charge in [-0.05, 0) is 33.6 Å². The Hall–Kier alpha value is -0.160. The predicted octanol–water partition coefficient (Wildman–Crippen LogP) is 1.48. The zero-order valence-corrected chi connectivity index (χ0v) is 20.3. The Morgan fingerprint density at radius 3 is 2.46 bits per heavy atom. The maximum atomic E-state index is 5.82. The number of aliphatic imine (C=N–C) groups is 1. The molecule has 0 radical (unpaired) electrons. The van der Waals surface area contributed by atoms with Crippen LogP contribution in [0, 0.1) is 0 Å². The first-order valence-electron chi connectivity index (χ1n) is 10.9. The highest BCUT2D eigenvalue weighted by atomic mass is 127. The summed E-state index contributed by atoms with van der Waals surface area (Å²) in [5, 5.41) is 3.50. The number of guanidine groups is 1. The molecule has 3 saturated heterocycles. The van der Waals surface area contributed by atoms with Crippen molar-refractivity contribution in [1.29, 1.82) is 0 Å². The number of halogens is 1. The van der Waals surface area contributed by atoms with E-state index in [1.165, 1.54) is 6.42 Å². The lowest BCUT2D eigenvalue weighted by atomic mass is 10.2. The number of nitrogens with zero attached hydrogens (tertiary/aromatic N) is 4. The molecule has 8 heteroatoms. The zero-order chi connectivity index (χ0) is 19.1. The molecule has 0 amide bonds. The summed E-state index contributed by atoms with van der Waals surface area (Å²) in [5.74, 6) is 1.09. The molecule has 0 spiro atoms. The fraction of sp³-hybridized carbons (Fsp3) is 0.950. The number of hydrogen-bond acceptors (Lipinski definition) is 5. The van der Waals surface area contributed by atoms with Crippen LogP contribution in [0.25, 0.3) is 0 Å². The minimum Gasteiger partial charge on any atom is -0.379 e. The number of rotatable bonds is 6. The van der Waals surface area contributed by atoms with E-state index in [1.54, 1.807) is 0 Å². The zero-order valence-electron chi connectivity index (χ0n) is 17.9. The first-order valence-corrected chi connectivity index (χ1v) is 10.9. The van der Waals surface area contributed by atoms with Crippen LogP contribution in [0.15, 0.2) is 4.99 Å². The highest BCUT2D eigenvalue weighted by Gasteiger charge is 2.30. The van der Waals surface area contributed by atoms with Crippen molar-refractivity contribution < 1.29 is 9.47 Å². The van der Waals surface area contributed by atoms with Crippen LogP contribution in [-0.2, 0) is 9.47 Å². The summed E-state index contributed by atoms with van der Waals surface area (Å²) in [4.78, 5) is 12.5. The van der Waals surface area contributed by atoms with E-state index in [4.69, 9.17) is 14.5 Å². The maximum absolute atomic E-state index is 5.82. The molecule has 7 nitrogen and oxygen atoms in total. The largest absolute Gasteiger partial charge is 0.379 e. The highest BCUT2D eigenvalue weighted by molar-refractivity contribution is 14.0. The van der Waals surface area contributed by atoms with Gasteiger partial charge in [0, 0.05) is 64.9 Å². The van der Waals surface area contributed by atoms with E-state index in [1.807, 2.05) is 0 Å². The minimum absolute atomic E-state index is 0. The molecule has 3 aliphatic heterocycles. The Kier molecular flexibility index (Phi) is 10.8. The van der Waals surface area contributed by atoms with Gasteiger partial charge < -0.3 is 19.7 Å². The van der Waals surface area contributed by atoms with Gasteiger partial charge in [-0.15, -0.1) is 24.0 Å². The molecule has 0 aliphatic carbocycles.